The lowest BCUT2D eigenvalue weighted by atomic mass is 10.1. The van der Waals surface area contributed by atoms with Gasteiger partial charge in [-0.15, -0.1) is 0 Å². The van der Waals surface area contributed by atoms with Crippen LogP contribution in [0.3, 0.4) is 0 Å². The van der Waals surface area contributed by atoms with E-state index in [-0.39, 0.29) is 12.1 Å². The topological polar surface area (TPSA) is 74.6 Å². The highest BCUT2D eigenvalue weighted by molar-refractivity contribution is 6.04. The van der Waals surface area contributed by atoms with Gasteiger partial charge in [0.15, 0.2) is 6.10 Å². The lowest BCUT2D eigenvalue weighted by Gasteiger charge is -2.13. The Morgan fingerprint density at radius 3 is 2.43 bits per heavy atom. The van der Waals surface area contributed by atoms with Gasteiger partial charge in [0.1, 0.15) is 12.4 Å². The van der Waals surface area contributed by atoms with Gasteiger partial charge in [-0.2, -0.15) is 0 Å². The van der Waals surface area contributed by atoms with Crippen molar-refractivity contribution in [1.82, 2.24) is 4.57 Å². The number of benzene rings is 2. The van der Waals surface area contributed by atoms with Crippen LogP contribution >= 0.6 is 0 Å². The van der Waals surface area contributed by atoms with Crippen LogP contribution in [0.1, 0.15) is 27.6 Å². The number of fused-ring (bicyclic) bond motifs is 1. The maximum atomic E-state index is 13.0. The van der Waals surface area contributed by atoms with Crippen LogP contribution in [0.2, 0.25) is 0 Å². The molecule has 1 atom stereocenters. The van der Waals surface area contributed by atoms with Gasteiger partial charge in [-0.3, -0.25) is 9.59 Å². The van der Waals surface area contributed by atoms with E-state index >= 15 is 0 Å². The molecule has 0 saturated carbocycles. The van der Waals surface area contributed by atoms with Crippen LogP contribution in [0.5, 0.6) is 0 Å². The summed E-state index contributed by atoms with van der Waals surface area (Å²) in [4.78, 5) is 36.6. The predicted molar refractivity (Wildman–Crippen MR) is 99.6 cm³/mol. The van der Waals surface area contributed by atoms with Gasteiger partial charge in [-0.05, 0) is 37.3 Å². The SMILES string of the molecule is COC(=O)c1cn(CC(=O)O[C@@H](C)C(=O)c2ccc(F)cc2)c2ccccc12. The van der Waals surface area contributed by atoms with E-state index < -0.39 is 29.6 Å². The Balaban J connectivity index is 1.75. The number of methoxy groups -OCH3 is 1. The maximum absolute atomic E-state index is 13.0. The Hall–Kier alpha value is -3.48. The van der Waals surface area contributed by atoms with E-state index in [2.05, 4.69) is 0 Å². The summed E-state index contributed by atoms with van der Waals surface area (Å²) >= 11 is 0. The first kappa shape index (κ1) is 19.3. The number of hydrogen-bond donors (Lipinski definition) is 0. The fourth-order valence-electron chi connectivity index (χ4n) is 2.93. The number of nitrogens with zero attached hydrogens (tertiary/aromatic N) is 1. The number of carbonyl (C=O) groups excluding carboxylic acids is 3. The third-order valence-electron chi connectivity index (χ3n) is 4.30. The molecule has 0 fully saturated rings. The molecule has 28 heavy (non-hydrogen) atoms. The molecule has 3 aromatic rings. The summed E-state index contributed by atoms with van der Waals surface area (Å²) in [7, 11) is 1.28. The summed E-state index contributed by atoms with van der Waals surface area (Å²) in [5.74, 6) is -2.04. The summed E-state index contributed by atoms with van der Waals surface area (Å²) < 4.78 is 24.6. The summed E-state index contributed by atoms with van der Waals surface area (Å²) in [5.41, 5.74) is 1.25. The molecule has 0 saturated heterocycles. The number of esters is 2. The smallest absolute Gasteiger partial charge is 0.340 e. The molecule has 144 valence electrons. The van der Waals surface area contributed by atoms with E-state index in [1.807, 2.05) is 0 Å². The highest BCUT2D eigenvalue weighted by Gasteiger charge is 2.21. The third kappa shape index (κ3) is 3.93. The zero-order valence-corrected chi connectivity index (χ0v) is 15.3. The molecule has 3 rings (SSSR count). The maximum Gasteiger partial charge on any atom is 0.340 e. The molecule has 2 aromatic carbocycles. The Morgan fingerprint density at radius 2 is 1.75 bits per heavy atom. The van der Waals surface area contributed by atoms with E-state index in [0.29, 0.717) is 16.5 Å². The number of para-hydroxylation sites is 1. The molecule has 1 aromatic heterocycles. The van der Waals surface area contributed by atoms with Crippen LogP contribution in [0.4, 0.5) is 4.39 Å². The van der Waals surface area contributed by atoms with Crippen molar-refractivity contribution in [1.29, 1.82) is 0 Å². The zero-order chi connectivity index (χ0) is 20.3. The molecule has 0 N–H and O–H groups in total. The molecule has 0 spiro atoms. The molecule has 0 aliphatic rings. The minimum atomic E-state index is -1.03. The normalized spacial score (nSPS) is 11.8. The Morgan fingerprint density at radius 1 is 1.07 bits per heavy atom. The third-order valence-corrected chi connectivity index (χ3v) is 4.30. The molecule has 0 amide bonds. The summed E-state index contributed by atoms with van der Waals surface area (Å²) in [6.45, 7) is 1.27. The quantitative estimate of drug-likeness (QED) is 0.482. The van der Waals surface area contributed by atoms with E-state index in [1.165, 1.54) is 44.5 Å². The predicted octanol–water partition coefficient (Wildman–Crippen LogP) is 3.38. The minimum Gasteiger partial charge on any atom is -0.465 e. The van der Waals surface area contributed by atoms with Crippen molar-refractivity contribution in [2.24, 2.45) is 0 Å². The van der Waals surface area contributed by atoms with Crippen LogP contribution in [-0.2, 0) is 20.8 Å². The van der Waals surface area contributed by atoms with Crippen LogP contribution in [0, 0.1) is 5.82 Å². The largest absolute Gasteiger partial charge is 0.465 e. The van der Waals surface area contributed by atoms with Crippen LogP contribution < -0.4 is 0 Å². The Labute approximate surface area is 160 Å². The van der Waals surface area contributed by atoms with Gasteiger partial charge in [0.05, 0.1) is 12.7 Å². The Bertz CT molecular complexity index is 1040. The van der Waals surface area contributed by atoms with Crippen LogP contribution in [0.15, 0.2) is 54.7 Å². The van der Waals surface area contributed by atoms with Crippen molar-refractivity contribution in [2.75, 3.05) is 7.11 Å². The first-order valence-corrected chi connectivity index (χ1v) is 8.56. The van der Waals surface area contributed by atoms with Gasteiger partial charge in [0, 0.05) is 22.7 Å². The number of ether oxygens (including phenoxy) is 2. The second-order valence-corrected chi connectivity index (χ2v) is 6.18. The first-order valence-electron chi connectivity index (χ1n) is 8.56. The number of rotatable bonds is 6. The highest BCUT2D eigenvalue weighted by Crippen LogP contribution is 2.22. The van der Waals surface area contributed by atoms with E-state index in [9.17, 15) is 18.8 Å². The summed E-state index contributed by atoms with van der Waals surface area (Å²) in [6.07, 6.45) is 0.490. The second kappa shape index (κ2) is 8.04. The standard InChI is InChI=1S/C21H18FNO5/c1-13(20(25)14-7-9-15(22)10-8-14)28-19(24)12-23-11-17(21(26)27-2)16-5-3-4-6-18(16)23/h3-11,13H,12H2,1-2H3/t13-/m0/s1. The van der Waals surface area contributed by atoms with Crippen molar-refractivity contribution < 1.29 is 28.2 Å². The molecule has 0 radical (unpaired) electrons. The fourth-order valence-corrected chi connectivity index (χ4v) is 2.93. The van der Waals surface area contributed by atoms with E-state index in [0.717, 1.165) is 0 Å². The van der Waals surface area contributed by atoms with Gasteiger partial charge in [-0.25, -0.2) is 9.18 Å². The second-order valence-electron chi connectivity index (χ2n) is 6.18. The van der Waals surface area contributed by atoms with Gasteiger partial charge in [0.25, 0.3) is 0 Å². The van der Waals surface area contributed by atoms with E-state index in [1.54, 1.807) is 28.8 Å². The van der Waals surface area contributed by atoms with Crippen molar-refractivity contribution in [3.8, 4) is 0 Å². The number of carbonyl (C=O) groups is 3. The Kier molecular flexibility index (Phi) is 5.54. The van der Waals surface area contributed by atoms with Crippen LogP contribution in [-0.4, -0.2) is 35.5 Å². The molecule has 0 aliphatic heterocycles. The fraction of sp³-hybridized carbons (Fsp3) is 0.190. The minimum absolute atomic E-state index is 0.182. The van der Waals surface area contributed by atoms with E-state index in [4.69, 9.17) is 9.47 Å². The number of ketones is 1. The first-order chi connectivity index (χ1) is 13.4. The lowest BCUT2D eigenvalue weighted by Crippen LogP contribution is -2.26. The van der Waals surface area contributed by atoms with Crippen molar-refractivity contribution >= 4 is 28.6 Å². The number of aromatic nitrogens is 1. The van der Waals surface area contributed by atoms with Crippen molar-refractivity contribution in [3.05, 3.63) is 71.7 Å². The molecule has 0 bridgehead atoms. The van der Waals surface area contributed by atoms with Gasteiger partial charge >= 0.3 is 11.9 Å². The average molecular weight is 383 g/mol. The van der Waals surface area contributed by atoms with Crippen molar-refractivity contribution in [3.63, 3.8) is 0 Å². The van der Waals surface area contributed by atoms with Crippen LogP contribution in [0.25, 0.3) is 10.9 Å². The molecule has 0 unspecified atom stereocenters. The molecule has 1 heterocycles. The van der Waals surface area contributed by atoms with Gasteiger partial charge in [0.2, 0.25) is 5.78 Å². The molecule has 0 aliphatic carbocycles. The summed E-state index contributed by atoms with van der Waals surface area (Å²) in [6, 6.07) is 12.1. The molecular formula is C21H18FNO5. The monoisotopic (exact) mass is 383 g/mol. The van der Waals surface area contributed by atoms with Gasteiger partial charge in [-0.1, -0.05) is 18.2 Å². The average Bonchev–Trinajstić information content (AvgIpc) is 3.06. The molecule has 6 nitrogen and oxygen atoms in total. The lowest BCUT2D eigenvalue weighted by molar-refractivity contribution is -0.146. The zero-order valence-electron chi connectivity index (χ0n) is 15.3. The summed E-state index contributed by atoms with van der Waals surface area (Å²) in [5, 5.41) is 0.651. The van der Waals surface area contributed by atoms with Crippen molar-refractivity contribution in [2.45, 2.75) is 19.6 Å². The molecule has 7 heteroatoms. The molecular weight excluding hydrogens is 365 g/mol. The number of halogens is 1. The number of hydrogen-bond acceptors (Lipinski definition) is 5. The van der Waals surface area contributed by atoms with Gasteiger partial charge < -0.3 is 14.0 Å². The number of Topliss-reactive ketones (excluding diaryl/α,β-unsaturated/α-hetero) is 1. The highest BCUT2D eigenvalue weighted by atomic mass is 19.1.